The molecule has 0 saturated heterocycles. The van der Waals surface area contributed by atoms with E-state index in [9.17, 15) is 0 Å². The molecule has 2 nitrogen and oxygen atoms in total. The van der Waals surface area contributed by atoms with Crippen LogP contribution in [0.15, 0.2) is 66.7 Å². The molecule has 0 aliphatic carbocycles. The average molecular weight is 382 g/mol. The van der Waals surface area contributed by atoms with Crippen LogP contribution in [0.3, 0.4) is 0 Å². The number of aryl methyl sites for hydroxylation is 1. The van der Waals surface area contributed by atoms with Crippen LogP contribution in [-0.2, 0) is 17.7 Å². The van der Waals surface area contributed by atoms with E-state index >= 15 is 0 Å². The van der Waals surface area contributed by atoms with Crippen molar-refractivity contribution >= 4 is 22.4 Å². The van der Waals surface area contributed by atoms with E-state index in [1.54, 1.807) is 0 Å². The molecule has 0 radical (unpaired) electrons. The number of nitrogens with zero attached hydrogens (tertiary/aromatic N) is 1. The predicted octanol–water partition coefficient (Wildman–Crippen LogP) is 5.45. The van der Waals surface area contributed by atoms with Gasteiger partial charge in [-0.2, -0.15) is 0 Å². The molecule has 0 spiro atoms. The maximum Gasteiger partial charge on any atom is 0.0593 e. The first-order valence-corrected chi connectivity index (χ1v) is 10.2. The van der Waals surface area contributed by atoms with Crippen LogP contribution in [0, 0.1) is 6.92 Å². The van der Waals surface area contributed by atoms with Crippen LogP contribution in [0.1, 0.15) is 16.7 Å². The zero-order valence-corrected chi connectivity index (χ0v) is 16.8. The number of rotatable bonds is 10. The van der Waals surface area contributed by atoms with Gasteiger partial charge in [-0.1, -0.05) is 66.7 Å². The first kappa shape index (κ1) is 19.9. The quantitative estimate of drug-likeness (QED) is 0.342. The van der Waals surface area contributed by atoms with Gasteiger partial charge in [-0.25, -0.2) is 0 Å². The van der Waals surface area contributed by atoms with E-state index < -0.39 is 0 Å². The molecule has 0 amide bonds. The molecule has 142 valence electrons. The molecule has 3 aromatic rings. The second kappa shape index (κ2) is 10.5. The van der Waals surface area contributed by atoms with Gasteiger partial charge in [0, 0.05) is 25.5 Å². The van der Waals surface area contributed by atoms with E-state index in [0.29, 0.717) is 5.88 Å². The standard InChI is InChI=1S/C24H28ClNO/c1-20-7-2-3-8-21(20)13-17-27-18-16-26(15-14-25)19-23-11-6-10-22-9-4-5-12-24(22)23/h2-12H,13-19H2,1H3. The van der Waals surface area contributed by atoms with Crippen LogP contribution in [0.4, 0.5) is 0 Å². The summed E-state index contributed by atoms with van der Waals surface area (Å²) in [5, 5.41) is 2.61. The Morgan fingerprint density at radius 3 is 2.41 bits per heavy atom. The Morgan fingerprint density at radius 1 is 0.815 bits per heavy atom. The number of ether oxygens (including phenoxy) is 1. The van der Waals surface area contributed by atoms with Crippen molar-refractivity contribution in [2.45, 2.75) is 19.9 Å². The molecule has 3 aromatic carbocycles. The molecule has 0 fully saturated rings. The van der Waals surface area contributed by atoms with Gasteiger partial charge < -0.3 is 4.74 Å². The van der Waals surface area contributed by atoms with Gasteiger partial charge in [-0.05, 0) is 40.8 Å². The molecular formula is C24H28ClNO. The lowest BCUT2D eigenvalue weighted by Gasteiger charge is -2.22. The number of fused-ring (bicyclic) bond motifs is 1. The topological polar surface area (TPSA) is 12.5 Å². The third-order valence-corrected chi connectivity index (χ3v) is 5.17. The van der Waals surface area contributed by atoms with E-state index in [-0.39, 0.29) is 0 Å². The smallest absolute Gasteiger partial charge is 0.0593 e. The lowest BCUT2D eigenvalue weighted by atomic mass is 10.0. The van der Waals surface area contributed by atoms with Crippen molar-refractivity contribution in [1.82, 2.24) is 4.90 Å². The molecule has 3 rings (SSSR count). The normalized spacial score (nSPS) is 11.4. The van der Waals surface area contributed by atoms with Gasteiger partial charge in [0.05, 0.1) is 13.2 Å². The predicted molar refractivity (Wildman–Crippen MR) is 116 cm³/mol. The van der Waals surface area contributed by atoms with Crippen molar-refractivity contribution in [3.05, 3.63) is 83.4 Å². The summed E-state index contributed by atoms with van der Waals surface area (Å²) < 4.78 is 5.91. The Hall–Kier alpha value is -1.87. The van der Waals surface area contributed by atoms with Crippen molar-refractivity contribution in [1.29, 1.82) is 0 Å². The molecule has 0 atom stereocenters. The molecule has 0 N–H and O–H groups in total. The van der Waals surface area contributed by atoms with Crippen LogP contribution < -0.4 is 0 Å². The molecule has 0 saturated carbocycles. The van der Waals surface area contributed by atoms with Crippen molar-refractivity contribution in [2.24, 2.45) is 0 Å². The van der Waals surface area contributed by atoms with Gasteiger partial charge in [0.25, 0.3) is 0 Å². The Kier molecular flexibility index (Phi) is 7.70. The lowest BCUT2D eigenvalue weighted by molar-refractivity contribution is 0.106. The third-order valence-electron chi connectivity index (χ3n) is 5.00. The molecule has 0 aromatic heterocycles. The first-order chi connectivity index (χ1) is 13.3. The summed E-state index contributed by atoms with van der Waals surface area (Å²) in [5.41, 5.74) is 4.05. The lowest BCUT2D eigenvalue weighted by Crippen LogP contribution is -2.29. The van der Waals surface area contributed by atoms with Crippen LogP contribution in [0.25, 0.3) is 10.8 Å². The Bertz CT molecular complexity index is 843. The maximum absolute atomic E-state index is 6.04. The minimum atomic E-state index is 0.633. The Morgan fingerprint density at radius 2 is 1.56 bits per heavy atom. The largest absolute Gasteiger partial charge is 0.380 e. The Labute approximate surface area is 167 Å². The summed E-state index contributed by atoms with van der Waals surface area (Å²) in [6.07, 6.45) is 0.964. The molecular weight excluding hydrogens is 354 g/mol. The fourth-order valence-corrected chi connectivity index (χ4v) is 3.67. The molecule has 0 aliphatic heterocycles. The number of hydrogen-bond acceptors (Lipinski definition) is 2. The van der Waals surface area contributed by atoms with E-state index in [1.807, 2.05) is 0 Å². The molecule has 0 unspecified atom stereocenters. The van der Waals surface area contributed by atoms with Gasteiger partial charge in [-0.15, -0.1) is 11.6 Å². The maximum atomic E-state index is 6.04. The zero-order valence-electron chi connectivity index (χ0n) is 16.0. The van der Waals surface area contributed by atoms with E-state index in [2.05, 4.69) is 78.6 Å². The molecule has 0 bridgehead atoms. The SMILES string of the molecule is Cc1ccccc1CCOCCN(CCCl)Cc1cccc2ccccc12. The minimum Gasteiger partial charge on any atom is -0.380 e. The zero-order chi connectivity index (χ0) is 18.9. The molecule has 0 aliphatic rings. The second-order valence-corrected chi connectivity index (χ2v) is 7.27. The first-order valence-electron chi connectivity index (χ1n) is 9.65. The minimum absolute atomic E-state index is 0.633. The van der Waals surface area contributed by atoms with Gasteiger partial charge >= 0.3 is 0 Å². The van der Waals surface area contributed by atoms with Crippen LogP contribution >= 0.6 is 11.6 Å². The van der Waals surface area contributed by atoms with Crippen molar-refractivity contribution in [2.75, 3.05) is 32.2 Å². The second-order valence-electron chi connectivity index (χ2n) is 6.89. The monoisotopic (exact) mass is 381 g/mol. The summed E-state index contributed by atoms with van der Waals surface area (Å²) in [7, 11) is 0. The van der Waals surface area contributed by atoms with Gasteiger partial charge in [0.2, 0.25) is 0 Å². The molecule has 3 heteroatoms. The summed E-state index contributed by atoms with van der Waals surface area (Å²) in [4.78, 5) is 2.38. The summed E-state index contributed by atoms with van der Waals surface area (Å²) >= 11 is 6.04. The van der Waals surface area contributed by atoms with Gasteiger partial charge in [-0.3, -0.25) is 4.90 Å². The van der Waals surface area contributed by atoms with Crippen molar-refractivity contribution in [3.63, 3.8) is 0 Å². The summed E-state index contributed by atoms with van der Waals surface area (Å²) in [6, 6.07) is 23.6. The number of alkyl halides is 1. The summed E-state index contributed by atoms with van der Waals surface area (Å²) in [5.74, 6) is 0.633. The highest BCUT2D eigenvalue weighted by Crippen LogP contribution is 2.20. The fourth-order valence-electron chi connectivity index (χ4n) is 3.43. The highest BCUT2D eigenvalue weighted by molar-refractivity contribution is 6.18. The molecule has 0 heterocycles. The van der Waals surface area contributed by atoms with E-state index in [4.69, 9.17) is 16.3 Å². The third kappa shape index (κ3) is 5.80. The Balaban J connectivity index is 1.51. The summed E-state index contributed by atoms with van der Waals surface area (Å²) in [6.45, 7) is 6.30. The van der Waals surface area contributed by atoms with Crippen molar-refractivity contribution in [3.8, 4) is 0 Å². The van der Waals surface area contributed by atoms with E-state index in [1.165, 1.54) is 27.5 Å². The van der Waals surface area contributed by atoms with E-state index in [0.717, 1.165) is 39.3 Å². The molecule has 27 heavy (non-hydrogen) atoms. The van der Waals surface area contributed by atoms with Crippen LogP contribution in [-0.4, -0.2) is 37.1 Å². The number of hydrogen-bond donors (Lipinski definition) is 0. The highest BCUT2D eigenvalue weighted by atomic mass is 35.5. The number of halogens is 1. The van der Waals surface area contributed by atoms with Crippen molar-refractivity contribution < 1.29 is 4.74 Å². The fraction of sp³-hybridized carbons (Fsp3) is 0.333. The van der Waals surface area contributed by atoms with Gasteiger partial charge in [0.15, 0.2) is 0 Å². The average Bonchev–Trinajstić information content (AvgIpc) is 2.69. The number of benzene rings is 3. The van der Waals surface area contributed by atoms with Crippen LogP contribution in [0.2, 0.25) is 0 Å². The highest BCUT2D eigenvalue weighted by Gasteiger charge is 2.08. The van der Waals surface area contributed by atoms with Gasteiger partial charge in [0.1, 0.15) is 0 Å². The van der Waals surface area contributed by atoms with Crippen LogP contribution in [0.5, 0.6) is 0 Å².